The van der Waals surface area contributed by atoms with Crippen LogP contribution in [0.4, 0.5) is 26.3 Å². The van der Waals surface area contributed by atoms with Crippen LogP contribution < -0.4 is 0 Å². The lowest BCUT2D eigenvalue weighted by molar-refractivity contribution is -0.182. The molecule has 0 saturated heterocycles. The van der Waals surface area contributed by atoms with Crippen LogP contribution in [-0.2, 0) is 11.3 Å². The Morgan fingerprint density at radius 1 is 1.04 bits per heavy atom. The van der Waals surface area contributed by atoms with Crippen molar-refractivity contribution in [1.82, 2.24) is 9.47 Å². The fourth-order valence-electron chi connectivity index (χ4n) is 2.40. The smallest absolute Gasteiger partial charge is 0.335 e. The number of carbonyl (C=O) groups excluding carboxylic acids is 2. The third kappa shape index (κ3) is 2.97. The maximum absolute atomic E-state index is 12.6. The van der Waals surface area contributed by atoms with Gasteiger partial charge in [0, 0.05) is 13.1 Å². The van der Waals surface area contributed by atoms with Crippen molar-refractivity contribution in [1.29, 1.82) is 0 Å². The van der Waals surface area contributed by atoms with Crippen LogP contribution in [0.1, 0.15) is 23.1 Å². The van der Waals surface area contributed by atoms with Crippen molar-refractivity contribution in [2.45, 2.75) is 25.8 Å². The molecule has 0 aromatic carbocycles. The number of rotatable bonds is 1. The largest absolute Gasteiger partial charge is 0.471 e. The molecular weight excluding hydrogens is 330 g/mol. The molecule has 0 spiro atoms. The van der Waals surface area contributed by atoms with Crippen LogP contribution in [-0.4, -0.2) is 40.1 Å². The number of carbonyl (C=O) groups is 2. The van der Waals surface area contributed by atoms with Gasteiger partial charge in [0.15, 0.2) is 0 Å². The van der Waals surface area contributed by atoms with Gasteiger partial charge in [-0.15, -0.1) is 0 Å². The van der Waals surface area contributed by atoms with E-state index in [2.05, 4.69) is 0 Å². The molecule has 23 heavy (non-hydrogen) atoms. The van der Waals surface area contributed by atoms with Gasteiger partial charge >= 0.3 is 18.3 Å². The summed E-state index contributed by atoms with van der Waals surface area (Å²) < 4.78 is 76.3. The molecule has 0 fully saturated rings. The minimum absolute atomic E-state index is 0.0519. The molecule has 0 N–H and O–H groups in total. The number of alkyl halides is 6. The van der Waals surface area contributed by atoms with E-state index < -0.39 is 36.3 Å². The number of ketones is 1. The van der Waals surface area contributed by atoms with Gasteiger partial charge in [-0.25, -0.2) is 0 Å². The maximum Gasteiger partial charge on any atom is 0.471 e. The molecule has 1 aliphatic heterocycles. The van der Waals surface area contributed by atoms with E-state index in [1.807, 2.05) is 0 Å². The average molecular weight is 340 g/mol. The highest BCUT2D eigenvalue weighted by Gasteiger charge is 2.46. The molecule has 0 atom stereocenters. The van der Waals surface area contributed by atoms with E-state index in [4.69, 9.17) is 0 Å². The van der Waals surface area contributed by atoms with E-state index in [0.717, 1.165) is 16.7 Å². The Hall–Kier alpha value is -2.26. The predicted octanol–water partition coefficient (Wildman–Crippen LogP) is 3.00. The number of nitrogens with zero attached hydrogens (tertiary/aromatic N) is 2. The molecule has 1 amide bonds. The number of fused-ring (bicyclic) bond motifs is 1. The van der Waals surface area contributed by atoms with E-state index in [0.29, 0.717) is 4.90 Å². The first-order valence-electron chi connectivity index (χ1n) is 6.35. The zero-order chi connectivity index (χ0) is 17.6. The molecule has 126 valence electrons. The number of aromatic nitrogens is 1. The summed E-state index contributed by atoms with van der Waals surface area (Å²) in [4.78, 5) is 23.2. The molecule has 2 rings (SSSR count). The molecule has 1 aromatic rings. The van der Waals surface area contributed by atoms with Crippen LogP contribution in [0, 0.1) is 0 Å². The minimum atomic E-state index is -5.10. The first-order valence-corrected chi connectivity index (χ1v) is 6.35. The lowest BCUT2D eigenvalue weighted by Gasteiger charge is -2.32. The van der Waals surface area contributed by atoms with E-state index >= 15 is 0 Å². The monoisotopic (exact) mass is 340 g/mol. The lowest BCUT2D eigenvalue weighted by Crippen LogP contribution is -2.44. The highest BCUT2D eigenvalue weighted by molar-refractivity contribution is 6.00. The normalized spacial score (nSPS) is 17.3. The number of amides is 1. The Balaban J connectivity index is 2.45. The van der Waals surface area contributed by atoms with E-state index in [-0.39, 0.29) is 17.9 Å². The topological polar surface area (TPSA) is 42.3 Å². The van der Waals surface area contributed by atoms with Crippen LogP contribution in [0.5, 0.6) is 0 Å². The second-order valence-corrected chi connectivity index (χ2v) is 4.71. The fraction of sp³-hybridized carbons (Fsp3) is 0.385. The van der Waals surface area contributed by atoms with Crippen LogP contribution in [0.3, 0.4) is 0 Å². The van der Waals surface area contributed by atoms with Crippen molar-refractivity contribution in [2.75, 3.05) is 6.54 Å². The molecule has 0 radical (unpaired) electrons. The number of hydrogen-bond donors (Lipinski definition) is 0. The molecule has 0 aliphatic carbocycles. The first-order chi connectivity index (χ1) is 10.5. The second-order valence-electron chi connectivity index (χ2n) is 4.71. The Bertz CT molecular complexity index is 684. The van der Waals surface area contributed by atoms with Gasteiger partial charge in [0.1, 0.15) is 0 Å². The zero-order valence-corrected chi connectivity index (χ0v) is 11.6. The summed E-state index contributed by atoms with van der Waals surface area (Å²) in [6, 6.07) is 1.97. The van der Waals surface area contributed by atoms with Crippen LogP contribution in [0.25, 0.3) is 5.70 Å². The van der Waals surface area contributed by atoms with Gasteiger partial charge in [-0.1, -0.05) is 6.08 Å². The van der Waals surface area contributed by atoms with Crippen molar-refractivity contribution in [3.8, 4) is 0 Å². The van der Waals surface area contributed by atoms with Crippen LogP contribution in [0.15, 0.2) is 18.2 Å². The molecule has 1 aliphatic rings. The number of halogens is 6. The third-order valence-electron chi connectivity index (χ3n) is 3.33. The molecule has 2 heterocycles. The molecule has 0 bridgehead atoms. The summed E-state index contributed by atoms with van der Waals surface area (Å²) in [7, 11) is 0. The molecule has 1 aromatic heterocycles. The van der Waals surface area contributed by atoms with Gasteiger partial charge in [0.05, 0.1) is 17.1 Å². The first kappa shape index (κ1) is 17.1. The SMILES string of the molecule is C/C=C1\c2ccc(C(=O)C(F)(F)F)n2CCN1C(=O)C(F)(F)F. The summed E-state index contributed by atoms with van der Waals surface area (Å²) in [6.07, 6.45) is -9.02. The second kappa shape index (κ2) is 5.43. The van der Waals surface area contributed by atoms with E-state index in [9.17, 15) is 35.9 Å². The standard InChI is InChI=1S/C13H10F6N2O2/c1-2-7-8-3-4-9(10(22)12(14,15)16)20(8)5-6-21(7)11(23)13(17,18)19/h2-4H,5-6H2,1H3/b7-2+. The Kier molecular flexibility index (Phi) is 4.03. The molecule has 4 nitrogen and oxygen atoms in total. The highest BCUT2D eigenvalue weighted by Crippen LogP contribution is 2.32. The third-order valence-corrected chi connectivity index (χ3v) is 3.33. The summed E-state index contributed by atoms with van der Waals surface area (Å²) in [6.45, 7) is 0.510. The Morgan fingerprint density at radius 2 is 1.65 bits per heavy atom. The minimum Gasteiger partial charge on any atom is -0.335 e. The number of Topliss-reactive ketones (excluding diaryl/α,β-unsaturated/α-hetero) is 1. The summed E-state index contributed by atoms with van der Waals surface area (Å²) in [5.41, 5.74) is -0.922. The highest BCUT2D eigenvalue weighted by atomic mass is 19.4. The van der Waals surface area contributed by atoms with E-state index in [1.165, 1.54) is 13.0 Å². The van der Waals surface area contributed by atoms with Gasteiger partial charge in [0.25, 0.3) is 5.78 Å². The number of allylic oxidation sites excluding steroid dienone is 1. The van der Waals surface area contributed by atoms with Crippen molar-refractivity contribution in [3.63, 3.8) is 0 Å². The van der Waals surface area contributed by atoms with Crippen molar-refractivity contribution < 1.29 is 35.9 Å². The fourth-order valence-corrected chi connectivity index (χ4v) is 2.40. The zero-order valence-electron chi connectivity index (χ0n) is 11.6. The summed E-state index contributed by atoms with van der Waals surface area (Å²) in [5, 5.41) is 0. The molecule has 0 saturated carbocycles. The maximum atomic E-state index is 12.6. The van der Waals surface area contributed by atoms with Gasteiger partial charge in [-0.3, -0.25) is 9.59 Å². The summed E-state index contributed by atoms with van der Waals surface area (Å²) >= 11 is 0. The van der Waals surface area contributed by atoms with Crippen LogP contribution in [0.2, 0.25) is 0 Å². The Morgan fingerprint density at radius 3 is 2.13 bits per heavy atom. The molecular formula is C13H10F6N2O2. The van der Waals surface area contributed by atoms with Crippen LogP contribution >= 0.6 is 0 Å². The van der Waals surface area contributed by atoms with Gasteiger partial charge in [-0.2, -0.15) is 26.3 Å². The van der Waals surface area contributed by atoms with E-state index in [1.54, 1.807) is 0 Å². The molecule has 10 heteroatoms. The molecule has 0 unspecified atom stereocenters. The summed E-state index contributed by atoms with van der Waals surface area (Å²) in [5.74, 6) is -4.20. The average Bonchev–Trinajstić information content (AvgIpc) is 2.86. The van der Waals surface area contributed by atoms with Gasteiger partial charge in [-0.05, 0) is 19.1 Å². The van der Waals surface area contributed by atoms with Gasteiger partial charge < -0.3 is 9.47 Å². The van der Waals surface area contributed by atoms with Crippen molar-refractivity contribution in [2.24, 2.45) is 0 Å². The lowest BCUT2D eigenvalue weighted by atomic mass is 10.2. The van der Waals surface area contributed by atoms with Gasteiger partial charge in [0.2, 0.25) is 0 Å². The van der Waals surface area contributed by atoms with Crippen molar-refractivity contribution >= 4 is 17.4 Å². The Labute approximate surface area is 126 Å². The van der Waals surface area contributed by atoms with Crippen molar-refractivity contribution in [3.05, 3.63) is 29.6 Å². The number of hydrogen-bond acceptors (Lipinski definition) is 2. The predicted molar refractivity (Wildman–Crippen MR) is 66.2 cm³/mol. The quantitative estimate of drug-likeness (QED) is 0.583.